The van der Waals surface area contributed by atoms with E-state index >= 15 is 0 Å². The number of hydrogen-bond donors (Lipinski definition) is 0. The van der Waals surface area contributed by atoms with Gasteiger partial charge in [0.25, 0.3) is 0 Å². The van der Waals surface area contributed by atoms with E-state index in [4.69, 9.17) is 4.74 Å². The number of likely N-dealkylation sites (N-methyl/N-ethyl adjacent to an activating group) is 1. The molecule has 4 rings (SSSR count). The molecule has 24 heavy (non-hydrogen) atoms. The van der Waals surface area contributed by atoms with Gasteiger partial charge >= 0.3 is 6.09 Å². The van der Waals surface area contributed by atoms with Crippen LogP contribution in [-0.4, -0.2) is 37.4 Å². The van der Waals surface area contributed by atoms with E-state index in [-0.39, 0.29) is 17.2 Å². The molecule has 2 heterocycles. The summed E-state index contributed by atoms with van der Waals surface area (Å²) in [5.41, 5.74) is 4.58. The van der Waals surface area contributed by atoms with Gasteiger partial charge in [0.1, 0.15) is 5.66 Å². The number of likely N-dealkylation sites (tertiary alicyclic amines) is 1. The summed E-state index contributed by atoms with van der Waals surface area (Å²) in [5, 5.41) is 0. The zero-order valence-corrected chi connectivity index (χ0v) is 14.9. The summed E-state index contributed by atoms with van der Waals surface area (Å²) in [7, 11) is 3.62. The Morgan fingerprint density at radius 1 is 1.29 bits per heavy atom. The molecule has 0 N–H and O–H groups in total. The number of benzene rings is 1. The van der Waals surface area contributed by atoms with E-state index in [1.165, 1.54) is 29.5 Å². The van der Waals surface area contributed by atoms with Crippen molar-refractivity contribution in [2.75, 3.05) is 25.6 Å². The van der Waals surface area contributed by atoms with Gasteiger partial charge in [0.2, 0.25) is 0 Å². The number of anilines is 1. The maximum atomic E-state index is 12.6. The molecule has 0 aromatic heterocycles. The summed E-state index contributed by atoms with van der Waals surface area (Å²) >= 11 is 0. The second-order valence-corrected chi connectivity index (χ2v) is 7.48. The maximum absolute atomic E-state index is 12.6. The molecule has 0 unspecified atom stereocenters. The van der Waals surface area contributed by atoms with E-state index in [0.717, 1.165) is 38.6 Å². The summed E-state index contributed by atoms with van der Waals surface area (Å²) in [6.07, 6.45) is 4.96. The molecule has 2 atom stereocenters. The normalized spacial score (nSPS) is 31.4. The first-order valence-electron chi connectivity index (χ1n) is 8.88. The Bertz CT molecular complexity index is 728. The van der Waals surface area contributed by atoms with Gasteiger partial charge in [0, 0.05) is 19.3 Å². The van der Waals surface area contributed by atoms with Crippen molar-refractivity contribution in [1.29, 1.82) is 0 Å². The highest BCUT2D eigenvalue weighted by molar-refractivity contribution is 5.78. The third-order valence-electron chi connectivity index (χ3n) is 6.62. The van der Waals surface area contributed by atoms with Gasteiger partial charge in [-0.05, 0) is 50.7 Å². The minimum Gasteiger partial charge on any atom is -0.453 e. The van der Waals surface area contributed by atoms with E-state index in [9.17, 15) is 4.79 Å². The van der Waals surface area contributed by atoms with Crippen LogP contribution in [0, 0.1) is 6.92 Å². The number of aryl methyl sites for hydroxylation is 1. The number of methoxy groups -OCH3 is 1. The Labute approximate surface area is 144 Å². The fraction of sp³-hybridized carbons (Fsp3) is 0.550. The topological polar surface area (TPSA) is 32.8 Å². The molecule has 3 aliphatic rings. The molecule has 1 aliphatic carbocycles. The van der Waals surface area contributed by atoms with Gasteiger partial charge in [0.05, 0.1) is 12.5 Å². The average Bonchev–Trinajstić information content (AvgIpc) is 2.96. The fourth-order valence-corrected chi connectivity index (χ4v) is 5.64. The number of hydrogen-bond acceptors (Lipinski definition) is 3. The van der Waals surface area contributed by atoms with Gasteiger partial charge in [-0.15, -0.1) is 0 Å². The number of nitrogens with zero attached hydrogens (tertiary/aromatic N) is 2. The largest absolute Gasteiger partial charge is 0.453 e. The monoisotopic (exact) mass is 326 g/mol. The number of fused-ring (bicyclic) bond motifs is 1. The smallest absolute Gasteiger partial charge is 0.411 e. The van der Waals surface area contributed by atoms with Gasteiger partial charge in [0.15, 0.2) is 0 Å². The zero-order chi connectivity index (χ0) is 17.1. The first-order valence-corrected chi connectivity index (χ1v) is 8.88. The summed E-state index contributed by atoms with van der Waals surface area (Å²) < 4.78 is 5.16. The highest BCUT2D eigenvalue weighted by Crippen LogP contribution is 2.64. The number of amides is 1. The van der Waals surface area contributed by atoms with Crippen LogP contribution in [0.2, 0.25) is 0 Å². The summed E-state index contributed by atoms with van der Waals surface area (Å²) in [6, 6.07) is 6.68. The molecule has 128 valence electrons. The molecule has 0 radical (unpaired) electrons. The van der Waals surface area contributed by atoms with Crippen LogP contribution in [0.15, 0.2) is 30.4 Å². The molecular weight excluding hydrogens is 300 g/mol. The highest BCUT2D eigenvalue weighted by atomic mass is 16.5. The molecule has 1 aromatic carbocycles. The lowest BCUT2D eigenvalue weighted by molar-refractivity contribution is 0.0683. The van der Waals surface area contributed by atoms with Crippen LogP contribution in [-0.2, 0) is 10.2 Å². The maximum Gasteiger partial charge on any atom is 0.411 e. The van der Waals surface area contributed by atoms with Crippen molar-refractivity contribution in [3.05, 3.63) is 41.5 Å². The van der Waals surface area contributed by atoms with Crippen molar-refractivity contribution < 1.29 is 9.53 Å². The molecule has 1 saturated carbocycles. The first kappa shape index (κ1) is 15.6. The van der Waals surface area contributed by atoms with E-state index in [1.54, 1.807) is 0 Å². The lowest BCUT2D eigenvalue weighted by Gasteiger charge is -2.49. The summed E-state index contributed by atoms with van der Waals surface area (Å²) in [5.74, 6) is 0. The third-order valence-corrected chi connectivity index (χ3v) is 6.62. The predicted octanol–water partition coefficient (Wildman–Crippen LogP) is 3.98. The van der Waals surface area contributed by atoms with Gasteiger partial charge in [-0.25, -0.2) is 4.79 Å². The predicted molar refractivity (Wildman–Crippen MR) is 95.3 cm³/mol. The number of carbonyl (C=O) groups excluding carboxylic acids is 1. The molecule has 0 spiro atoms. The van der Waals surface area contributed by atoms with Crippen molar-refractivity contribution >= 4 is 11.8 Å². The minimum atomic E-state index is -0.371. The Morgan fingerprint density at radius 2 is 2.08 bits per heavy atom. The van der Waals surface area contributed by atoms with Crippen LogP contribution in [0.4, 0.5) is 10.5 Å². The molecule has 2 aliphatic heterocycles. The SMILES string of the molecule is C=C1CCCC[C@@]23N(C(=O)OC)CC[C@@]12c1cc(C)ccc1N3C. The standard InChI is InChI=1S/C20H26N2O2/c1-14-8-9-17-16(13-14)19-11-12-22(18(23)24-4)20(19,21(17)3)10-6-5-7-15(19)2/h8-9,13H,2,5-7,10-12H2,1,3-4H3/t19-,20+/m0/s1. The Morgan fingerprint density at radius 3 is 2.83 bits per heavy atom. The Hall–Kier alpha value is -1.97. The molecule has 4 heteroatoms. The lowest BCUT2D eigenvalue weighted by Crippen LogP contribution is -2.63. The van der Waals surface area contributed by atoms with Crippen molar-refractivity contribution in [2.45, 2.75) is 50.1 Å². The van der Waals surface area contributed by atoms with Crippen molar-refractivity contribution in [3.63, 3.8) is 0 Å². The Balaban J connectivity index is 2.02. The van der Waals surface area contributed by atoms with Crippen molar-refractivity contribution in [2.24, 2.45) is 0 Å². The minimum absolute atomic E-state index is 0.173. The van der Waals surface area contributed by atoms with E-state index in [1.807, 2.05) is 4.90 Å². The molecule has 2 fully saturated rings. The van der Waals surface area contributed by atoms with E-state index < -0.39 is 0 Å². The summed E-state index contributed by atoms with van der Waals surface area (Å²) in [4.78, 5) is 16.9. The molecule has 1 amide bonds. The summed E-state index contributed by atoms with van der Waals surface area (Å²) in [6.45, 7) is 7.39. The first-order chi connectivity index (χ1) is 11.5. The van der Waals surface area contributed by atoms with Gasteiger partial charge in [-0.1, -0.05) is 29.8 Å². The van der Waals surface area contributed by atoms with Crippen LogP contribution in [0.5, 0.6) is 0 Å². The van der Waals surface area contributed by atoms with Crippen molar-refractivity contribution in [3.8, 4) is 0 Å². The Kier molecular flexibility index (Phi) is 3.25. The van der Waals surface area contributed by atoms with Crippen LogP contribution in [0.3, 0.4) is 0 Å². The number of carbonyl (C=O) groups is 1. The van der Waals surface area contributed by atoms with Crippen LogP contribution in [0.1, 0.15) is 43.2 Å². The molecule has 4 nitrogen and oxygen atoms in total. The highest BCUT2D eigenvalue weighted by Gasteiger charge is 2.69. The molecule has 1 aromatic rings. The van der Waals surface area contributed by atoms with Gasteiger partial charge in [-0.3, -0.25) is 4.90 Å². The third kappa shape index (κ3) is 1.57. The quantitative estimate of drug-likeness (QED) is 0.676. The number of ether oxygens (including phenoxy) is 1. The zero-order valence-electron chi connectivity index (χ0n) is 14.9. The second-order valence-electron chi connectivity index (χ2n) is 7.48. The van der Waals surface area contributed by atoms with Crippen molar-refractivity contribution in [1.82, 2.24) is 4.90 Å². The van der Waals surface area contributed by atoms with Crippen LogP contribution < -0.4 is 4.90 Å². The van der Waals surface area contributed by atoms with E-state index in [0.29, 0.717) is 0 Å². The van der Waals surface area contributed by atoms with E-state index in [2.05, 4.69) is 43.6 Å². The lowest BCUT2D eigenvalue weighted by atomic mass is 9.66. The van der Waals surface area contributed by atoms with Crippen LogP contribution in [0.25, 0.3) is 0 Å². The average molecular weight is 326 g/mol. The van der Waals surface area contributed by atoms with Gasteiger partial charge in [-0.2, -0.15) is 0 Å². The fourth-order valence-electron chi connectivity index (χ4n) is 5.64. The van der Waals surface area contributed by atoms with Crippen LogP contribution >= 0.6 is 0 Å². The molecular formula is C20H26N2O2. The van der Waals surface area contributed by atoms with Gasteiger partial charge < -0.3 is 9.64 Å². The molecule has 0 bridgehead atoms. The number of rotatable bonds is 0. The molecule has 1 saturated heterocycles. The second kappa shape index (κ2) is 5.01.